The van der Waals surface area contributed by atoms with E-state index in [9.17, 15) is 10.2 Å². The number of nitrogens with one attached hydrogen (secondary N) is 1. The minimum Gasteiger partial charge on any atom is -0.496 e. The maximum Gasteiger partial charge on any atom is 0.124 e. The van der Waals surface area contributed by atoms with Crippen LogP contribution >= 0.6 is 0 Å². The number of methoxy groups -OCH3 is 1. The van der Waals surface area contributed by atoms with Crippen molar-refractivity contribution in [2.24, 2.45) is 11.8 Å². The monoisotopic (exact) mass is 370 g/mol. The lowest BCUT2D eigenvalue weighted by molar-refractivity contribution is 0.0979. The molecule has 0 unspecified atom stereocenters. The fraction of sp³-hybridized carbons (Fsp3) is 0.545. The highest BCUT2D eigenvalue weighted by molar-refractivity contribution is 5.88. The summed E-state index contributed by atoms with van der Waals surface area (Å²) in [7, 11) is 1.72. The van der Waals surface area contributed by atoms with E-state index in [1.807, 2.05) is 6.07 Å². The Bertz CT molecular complexity index is 811. The van der Waals surface area contributed by atoms with Crippen LogP contribution in [0, 0.1) is 11.8 Å². The van der Waals surface area contributed by atoms with E-state index in [1.165, 1.54) is 16.3 Å². The molecule has 4 rings (SSSR count). The first kappa shape index (κ1) is 18.7. The van der Waals surface area contributed by atoms with Gasteiger partial charge >= 0.3 is 0 Å². The molecule has 0 aromatic heterocycles. The van der Waals surface area contributed by atoms with Crippen LogP contribution in [0.15, 0.2) is 36.4 Å². The highest BCUT2D eigenvalue weighted by Gasteiger charge is 2.56. The number of aliphatic hydroxyl groups excluding tert-OH is 2. The summed E-state index contributed by atoms with van der Waals surface area (Å²) >= 11 is 0. The van der Waals surface area contributed by atoms with Gasteiger partial charge in [0.2, 0.25) is 0 Å². The van der Waals surface area contributed by atoms with Crippen molar-refractivity contribution in [3.8, 4) is 5.75 Å². The number of aliphatic hydroxyl groups is 2. The summed E-state index contributed by atoms with van der Waals surface area (Å²) in [6, 6.07) is 12.6. The first-order valence-electron chi connectivity index (χ1n) is 9.94. The molecule has 0 spiro atoms. The van der Waals surface area contributed by atoms with E-state index in [1.54, 1.807) is 7.11 Å². The van der Waals surface area contributed by atoms with Gasteiger partial charge in [-0.05, 0) is 41.6 Å². The fourth-order valence-electron chi connectivity index (χ4n) is 5.38. The number of rotatable bonds is 6. The van der Waals surface area contributed by atoms with E-state index in [2.05, 4.69) is 47.5 Å². The lowest BCUT2D eigenvalue weighted by Crippen LogP contribution is -2.51. The molecule has 0 bridgehead atoms. The van der Waals surface area contributed by atoms with Crippen LogP contribution in [0.4, 0.5) is 0 Å². The molecule has 2 fully saturated rings. The molecule has 2 saturated heterocycles. The van der Waals surface area contributed by atoms with Gasteiger partial charge in [0, 0.05) is 36.8 Å². The number of benzene rings is 2. The second kappa shape index (κ2) is 7.40. The van der Waals surface area contributed by atoms with Gasteiger partial charge in [-0.25, -0.2) is 0 Å². The molecular weight excluding hydrogens is 340 g/mol. The lowest BCUT2D eigenvalue weighted by atomic mass is 9.78. The molecule has 27 heavy (non-hydrogen) atoms. The van der Waals surface area contributed by atoms with E-state index in [4.69, 9.17) is 4.74 Å². The summed E-state index contributed by atoms with van der Waals surface area (Å²) in [5, 5.41) is 26.2. The van der Waals surface area contributed by atoms with Crippen LogP contribution < -0.4 is 10.1 Å². The minimum atomic E-state index is -0.448. The van der Waals surface area contributed by atoms with Gasteiger partial charge in [0.1, 0.15) is 5.75 Å². The number of fused-ring (bicyclic) bond motifs is 2. The van der Waals surface area contributed by atoms with Crippen molar-refractivity contribution in [1.29, 1.82) is 0 Å². The Morgan fingerprint density at radius 2 is 2.00 bits per heavy atom. The van der Waals surface area contributed by atoms with Crippen molar-refractivity contribution >= 4 is 10.8 Å². The van der Waals surface area contributed by atoms with Gasteiger partial charge in [-0.3, -0.25) is 0 Å². The quantitative estimate of drug-likeness (QED) is 0.727. The SMILES string of the molecule is CCN1C[C@H]2[C@@H](C1)[C@](CO)(CCO)N[C@H]2c1c(OC)ccc2ccccc12. The summed E-state index contributed by atoms with van der Waals surface area (Å²) < 4.78 is 5.76. The maximum absolute atomic E-state index is 10.3. The van der Waals surface area contributed by atoms with E-state index < -0.39 is 5.54 Å². The molecule has 0 aliphatic carbocycles. The molecule has 5 nitrogen and oxygen atoms in total. The summed E-state index contributed by atoms with van der Waals surface area (Å²) in [6.45, 7) is 5.26. The highest BCUT2D eigenvalue weighted by Crippen LogP contribution is 2.51. The molecule has 146 valence electrons. The van der Waals surface area contributed by atoms with Crippen molar-refractivity contribution in [1.82, 2.24) is 10.2 Å². The normalized spacial score (nSPS) is 30.7. The van der Waals surface area contributed by atoms with Gasteiger partial charge in [-0.15, -0.1) is 0 Å². The average Bonchev–Trinajstić information content (AvgIpc) is 3.26. The molecule has 0 amide bonds. The second-order valence-corrected chi connectivity index (χ2v) is 7.94. The standard InChI is InChI=1S/C22H30N2O3/c1-3-24-12-17-18(13-24)22(14-26,10-11-25)23-21(17)20-16-7-5-4-6-15(16)8-9-19(20)27-2/h4-9,17-18,21,23,25-26H,3,10-14H2,1-2H3/t17-,18+,21+,22+/m0/s1. The van der Waals surface area contributed by atoms with E-state index in [-0.39, 0.29) is 19.3 Å². The average molecular weight is 370 g/mol. The molecule has 4 atom stereocenters. The number of hydrogen-bond donors (Lipinski definition) is 3. The third-order valence-corrected chi connectivity index (χ3v) is 6.77. The number of ether oxygens (including phenoxy) is 1. The van der Waals surface area contributed by atoms with Crippen LogP contribution in [0.2, 0.25) is 0 Å². The number of likely N-dealkylation sites (tertiary alicyclic amines) is 1. The zero-order chi connectivity index (χ0) is 19.0. The molecule has 3 N–H and O–H groups in total. The summed E-state index contributed by atoms with van der Waals surface area (Å²) in [5.41, 5.74) is 0.729. The largest absolute Gasteiger partial charge is 0.496 e. The van der Waals surface area contributed by atoms with Gasteiger partial charge in [0.25, 0.3) is 0 Å². The molecular formula is C22H30N2O3. The van der Waals surface area contributed by atoms with Crippen molar-refractivity contribution < 1.29 is 14.9 Å². The van der Waals surface area contributed by atoms with Crippen LogP contribution in [0.3, 0.4) is 0 Å². The van der Waals surface area contributed by atoms with E-state index in [0.717, 1.165) is 25.4 Å². The summed E-state index contributed by atoms with van der Waals surface area (Å²) in [6.07, 6.45) is 0.561. The van der Waals surface area contributed by atoms with Crippen molar-refractivity contribution in [2.75, 3.05) is 40.0 Å². The van der Waals surface area contributed by atoms with E-state index in [0.29, 0.717) is 18.3 Å². The molecule has 0 saturated carbocycles. The van der Waals surface area contributed by atoms with Crippen LogP contribution in [0.5, 0.6) is 5.75 Å². The zero-order valence-corrected chi connectivity index (χ0v) is 16.2. The van der Waals surface area contributed by atoms with Gasteiger partial charge in [-0.1, -0.05) is 37.3 Å². The Labute approximate surface area is 160 Å². The molecule has 5 heteroatoms. The molecule has 2 aromatic carbocycles. The zero-order valence-electron chi connectivity index (χ0n) is 16.2. The van der Waals surface area contributed by atoms with E-state index >= 15 is 0 Å². The predicted octanol–water partition coefficient (Wildman–Crippen LogP) is 2.17. The third-order valence-electron chi connectivity index (χ3n) is 6.77. The molecule has 2 aliphatic heterocycles. The smallest absolute Gasteiger partial charge is 0.124 e. The molecule has 2 heterocycles. The van der Waals surface area contributed by atoms with Crippen molar-refractivity contribution in [3.63, 3.8) is 0 Å². The van der Waals surface area contributed by atoms with Crippen molar-refractivity contribution in [3.05, 3.63) is 42.0 Å². The van der Waals surface area contributed by atoms with Crippen LogP contribution in [-0.4, -0.2) is 60.6 Å². The summed E-state index contributed by atoms with van der Waals surface area (Å²) in [4.78, 5) is 2.46. The lowest BCUT2D eigenvalue weighted by Gasteiger charge is -2.34. The predicted molar refractivity (Wildman–Crippen MR) is 107 cm³/mol. The topological polar surface area (TPSA) is 65.0 Å². The van der Waals surface area contributed by atoms with Gasteiger partial charge < -0.3 is 25.2 Å². The number of nitrogens with zero attached hydrogens (tertiary/aromatic N) is 1. The summed E-state index contributed by atoms with van der Waals surface area (Å²) in [5.74, 6) is 1.57. The van der Waals surface area contributed by atoms with Gasteiger partial charge in [-0.2, -0.15) is 0 Å². The first-order chi connectivity index (χ1) is 13.2. The second-order valence-electron chi connectivity index (χ2n) is 7.94. The third kappa shape index (κ3) is 2.93. The Morgan fingerprint density at radius 3 is 2.70 bits per heavy atom. The van der Waals surface area contributed by atoms with Crippen LogP contribution in [0.25, 0.3) is 10.8 Å². The maximum atomic E-state index is 10.3. The Morgan fingerprint density at radius 1 is 1.19 bits per heavy atom. The molecule has 0 radical (unpaired) electrons. The van der Waals surface area contributed by atoms with Crippen LogP contribution in [-0.2, 0) is 0 Å². The Hall–Kier alpha value is -1.66. The Balaban J connectivity index is 1.85. The van der Waals surface area contributed by atoms with Gasteiger partial charge in [0.15, 0.2) is 0 Å². The molecule has 2 aromatic rings. The fourth-order valence-corrected chi connectivity index (χ4v) is 5.38. The van der Waals surface area contributed by atoms with Crippen molar-refractivity contribution in [2.45, 2.75) is 24.9 Å². The Kier molecular flexibility index (Phi) is 5.12. The van der Waals surface area contributed by atoms with Crippen LogP contribution in [0.1, 0.15) is 24.9 Å². The minimum absolute atomic E-state index is 0.0376. The van der Waals surface area contributed by atoms with Gasteiger partial charge in [0.05, 0.1) is 13.7 Å². The first-order valence-corrected chi connectivity index (χ1v) is 9.94. The number of hydrogen-bond acceptors (Lipinski definition) is 5. The highest BCUT2D eigenvalue weighted by atomic mass is 16.5. The molecule has 2 aliphatic rings.